The van der Waals surface area contributed by atoms with Crippen LogP contribution in [0.3, 0.4) is 0 Å². The number of hydrogen-bond acceptors (Lipinski definition) is 6. The number of carbonyl (C=O) groups is 4. The van der Waals surface area contributed by atoms with Gasteiger partial charge in [-0.3, -0.25) is 24.1 Å². The fourth-order valence-corrected chi connectivity index (χ4v) is 2.89. The van der Waals surface area contributed by atoms with Crippen LogP contribution < -0.4 is 15.0 Å². The van der Waals surface area contributed by atoms with E-state index in [9.17, 15) is 19.2 Å². The van der Waals surface area contributed by atoms with E-state index in [1.54, 1.807) is 55.5 Å². The molecular formula is C22H22N2O6. The van der Waals surface area contributed by atoms with E-state index in [0.717, 1.165) is 0 Å². The summed E-state index contributed by atoms with van der Waals surface area (Å²) in [5.74, 6) is -0.948. The SMILES string of the molecule is CCC(=O)Nc1ccc(C(=O)COC(=O)CN2C(=O)CCOc3ccccc32)cc1. The van der Waals surface area contributed by atoms with Gasteiger partial charge >= 0.3 is 5.97 Å². The summed E-state index contributed by atoms with van der Waals surface area (Å²) in [6.45, 7) is 1.22. The molecule has 1 N–H and O–H groups in total. The zero-order chi connectivity index (χ0) is 21.5. The van der Waals surface area contributed by atoms with Crippen LogP contribution in [0.4, 0.5) is 11.4 Å². The number of amides is 2. The van der Waals surface area contributed by atoms with E-state index in [1.807, 2.05) is 0 Å². The number of carbonyl (C=O) groups excluding carboxylic acids is 4. The van der Waals surface area contributed by atoms with Crippen LogP contribution in [0.25, 0.3) is 0 Å². The topological polar surface area (TPSA) is 102 Å². The second-order valence-electron chi connectivity index (χ2n) is 6.61. The highest BCUT2D eigenvalue weighted by atomic mass is 16.5. The third-order valence-corrected chi connectivity index (χ3v) is 4.49. The normalized spacial score (nSPS) is 13.0. The van der Waals surface area contributed by atoms with Crippen molar-refractivity contribution >= 4 is 34.9 Å². The Bertz CT molecular complexity index is 954. The van der Waals surface area contributed by atoms with Gasteiger partial charge < -0.3 is 14.8 Å². The molecule has 30 heavy (non-hydrogen) atoms. The molecule has 1 aliphatic rings. The van der Waals surface area contributed by atoms with Crippen LogP contribution in [0.1, 0.15) is 30.1 Å². The molecule has 0 radical (unpaired) electrons. The molecule has 0 aromatic heterocycles. The third-order valence-electron chi connectivity index (χ3n) is 4.49. The average Bonchev–Trinajstić information content (AvgIpc) is 2.91. The zero-order valence-electron chi connectivity index (χ0n) is 16.6. The molecule has 0 unspecified atom stereocenters. The Morgan fingerprint density at radius 3 is 2.57 bits per heavy atom. The molecule has 0 atom stereocenters. The molecule has 2 amide bonds. The second-order valence-corrected chi connectivity index (χ2v) is 6.61. The summed E-state index contributed by atoms with van der Waals surface area (Å²) >= 11 is 0. The minimum Gasteiger partial charge on any atom is -0.491 e. The first-order valence-corrected chi connectivity index (χ1v) is 9.59. The van der Waals surface area contributed by atoms with Crippen LogP contribution in [0.2, 0.25) is 0 Å². The lowest BCUT2D eigenvalue weighted by Gasteiger charge is -2.20. The number of ether oxygens (including phenoxy) is 2. The van der Waals surface area contributed by atoms with Crippen molar-refractivity contribution in [1.82, 2.24) is 0 Å². The third kappa shape index (κ3) is 5.22. The predicted octanol–water partition coefficient (Wildman–Crippen LogP) is 2.58. The fraction of sp³-hybridized carbons (Fsp3) is 0.273. The van der Waals surface area contributed by atoms with Gasteiger partial charge in [-0.15, -0.1) is 0 Å². The van der Waals surface area contributed by atoms with Crippen LogP contribution in [0.15, 0.2) is 48.5 Å². The highest BCUT2D eigenvalue weighted by Gasteiger charge is 2.25. The molecule has 0 bridgehead atoms. The minimum absolute atomic E-state index is 0.127. The second kappa shape index (κ2) is 9.69. The fourth-order valence-electron chi connectivity index (χ4n) is 2.89. The summed E-state index contributed by atoms with van der Waals surface area (Å²) in [4.78, 5) is 49.6. The lowest BCUT2D eigenvalue weighted by atomic mass is 10.1. The largest absolute Gasteiger partial charge is 0.491 e. The first-order valence-electron chi connectivity index (χ1n) is 9.59. The molecule has 2 aromatic rings. The number of nitrogens with one attached hydrogen (secondary N) is 1. The Kier molecular flexibility index (Phi) is 6.79. The van der Waals surface area contributed by atoms with Gasteiger partial charge in [0.05, 0.1) is 18.7 Å². The van der Waals surface area contributed by atoms with Crippen molar-refractivity contribution in [3.8, 4) is 5.75 Å². The van der Waals surface area contributed by atoms with Crippen molar-refractivity contribution in [2.24, 2.45) is 0 Å². The van der Waals surface area contributed by atoms with Crippen molar-refractivity contribution in [2.75, 3.05) is 30.0 Å². The van der Waals surface area contributed by atoms with Crippen molar-refractivity contribution in [1.29, 1.82) is 0 Å². The van der Waals surface area contributed by atoms with E-state index in [4.69, 9.17) is 9.47 Å². The molecule has 8 heteroatoms. The maximum atomic E-state index is 12.3. The average molecular weight is 410 g/mol. The van der Waals surface area contributed by atoms with Gasteiger partial charge in [0.15, 0.2) is 12.4 Å². The molecular weight excluding hydrogens is 388 g/mol. The Labute approximate surface area is 173 Å². The quantitative estimate of drug-likeness (QED) is 0.556. The van der Waals surface area contributed by atoms with Gasteiger partial charge in [-0.2, -0.15) is 0 Å². The summed E-state index contributed by atoms with van der Waals surface area (Å²) in [5.41, 5.74) is 1.42. The van der Waals surface area contributed by atoms with Crippen LogP contribution in [-0.4, -0.2) is 43.3 Å². The first-order chi connectivity index (χ1) is 14.5. The molecule has 0 spiro atoms. The van der Waals surface area contributed by atoms with Crippen molar-refractivity contribution in [3.63, 3.8) is 0 Å². The number of ketones is 1. The molecule has 0 fully saturated rings. The maximum absolute atomic E-state index is 12.3. The van der Waals surface area contributed by atoms with Gasteiger partial charge in [0.25, 0.3) is 0 Å². The van der Waals surface area contributed by atoms with Crippen LogP contribution >= 0.6 is 0 Å². The van der Waals surface area contributed by atoms with Gasteiger partial charge in [-0.25, -0.2) is 0 Å². The van der Waals surface area contributed by atoms with E-state index >= 15 is 0 Å². The van der Waals surface area contributed by atoms with Crippen molar-refractivity contribution < 1.29 is 28.7 Å². The summed E-state index contributed by atoms with van der Waals surface area (Å²) in [6.07, 6.45) is 0.495. The molecule has 0 saturated carbocycles. The van der Waals surface area contributed by atoms with E-state index in [-0.39, 0.29) is 37.2 Å². The predicted molar refractivity (Wildman–Crippen MR) is 110 cm³/mol. The van der Waals surface area contributed by atoms with Crippen LogP contribution in [0, 0.1) is 0 Å². The highest BCUT2D eigenvalue weighted by molar-refractivity contribution is 6.01. The molecule has 1 heterocycles. The summed E-state index contributed by atoms with van der Waals surface area (Å²) < 4.78 is 10.6. The van der Waals surface area contributed by atoms with E-state index in [0.29, 0.717) is 29.1 Å². The van der Waals surface area contributed by atoms with E-state index in [1.165, 1.54) is 4.90 Å². The summed E-state index contributed by atoms with van der Waals surface area (Å²) in [7, 11) is 0. The first kappa shape index (κ1) is 21.0. The minimum atomic E-state index is -0.694. The van der Waals surface area contributed by atoms with Gasteiger partial charge in [0, 0.05) is 17.7 Å². The number of rotatable bonds is 7. The maximum Gasteiger partial charge on any atom is 0.326 e. The number of hydrogen-bond donors (Lipinski definition) is 1. The van der Waals surface area contributed by atoms with Gasteiger partial charge in [-0.05, 0) is 36.4 Å². The van der Waals surface area contributed by atoms with Crippen molar-refractivity contribution in [3.05, 3.63) is 54.1 Å². The van der Waals surface area contributed by atoms with Crippen LogP contribution in [-0.2, 0) is 19.1 Å². The number of para-hydroxylation sites is 2. The summed E-state index contributed by atoms with van der Waals surface area (Å²) in [5, 5.41) is 2.69. The molecule has 1 aliphatic heterocycles. The van der Waals surface area contributed by atoms with Gasteiger partial charge in [0.1, 0.15) is 12.3 Å². The number of Topliss-reactive ketones (excluding diaryl/α,β-unsaturated/α-hetero) is 1. The van der Waals surface area contributed by atoms with Gasteiger partial charge in [-0.1, -0.05) is 19.1 Å². The summed E-state index contributed by atoms with van der Waals surface area (Å²) in [6, 6.07) is 13.3. The smallest absolute Gasteiger partial charge is 0.326 e. The van der Waals surface area contributed by atoms with E-state index < -0.39 is 12.6 Å². The number of benzene rings is 2. The van der Waals surface area contributed by atoms with E-state index in [2.05, 4.69) is 5.32 Å². The number of fused-ring (bicyclic) bond motifs is 1. The van der Waals surface area contributed by atoms with Crippen molar-refractivity contribution in [2.45, 2.75) is 19.8 Å². The Morgan fingerprint density at radius 1 is 1.10 bits per heavy atom. The number of nitrogens with zero attached hydrogens (tertiary/aromatic N) is 1. The number of anilines is 2. The molecule has 3 rings (SSSR count). The molecule has 0 aliphatic carbocycles. The molecule has 156 valence electrons. The Balaban J connectivity index is 1.57. The number of esters is 1. The Morgan fingerprint density at radius 2 is 1.83 bits per heavy atom. The van der Waals surface area contributed by atoms with Crippen LogP contribution in [0.5, 0.6) is 5.75 Å². The van der Waals surface area contributed by atoms with Gasteiger partial charge in [0.2, 0.25) is 11.8 Å². The monoisotopic (exact) mass is 410 g/mol. The standard InChI is InChI=1S/C22H22N2O6/c1-2-20(26)23-16-9-7-15(8-10-16)18(25)14-30-22(28)13-24-17-5-3-4-6-19(17)29-12-11-21(24)27/h3-10H,2,11-14H2,1H3,(H,23,26). The lowest BCUT2D eigenvalue weighted by Crippen LogP contribution is -2.36. The molecule has 8 nitrogen and oxygen atoms in total. The molecule has 2 aromatic carbocycles. The highest BCUT2D eigenvalue weighted by Crippen LogP contribution is 2.30. The lowest BCUT2D eigenvalue weighted by molar-refractivity contribution is -0.141. The zero-order valence-corrected chi connectivity index (χ0v) is 16.6. The Hall–Kier alpha value is -3.68. The molecule has 0 saturated heterocycles.